The van der Waals surface area contributed by atoms with E-state index in [1.807, 2.05) is 0 Å². The number of aromatic nitrogens is 2. The molecule has 2 aromatic rings. The second kappa shape index (κ2) is 6.67. The smallest absolute Gasteiger partial charge is 0.124 e. The summed E-state index contributed by atoms with van der Waals surface area (Å²) in [5.41, 5.74) is 2.96. The highest BCUT2D eigenvalue weighted by Crippen LogP contribution is 2.37. The van der Waals surface area contributed by atoms with Crippen LogP contribution < -0.4 is 5.32 Å². The Kier molecular flexibility index (Phi) is 4.66. The van der Waals surface area contributed by atoms with Crippen molar-refractivity contribution in [1.82, 2.24) is 15.5 Å². The normalized spacial score (nSPS) is 18.0. The highest BCUT2D eigenvalue weighted by atomic mass is 32.1. The SMILES string of the molecule is CC(C)NCCc1nnc(C2CCCc3ccccc32)s1. The quantitative estimate of drug-likeness (QED) is 0.918. The van der Waals surface area contributed by atoms with E-state index in [0.717, 1.165) is 18.0 Å². The van der Waals surface area contributed by atoms with Crippen LogP contribution in [-0.2, 0) is 12.8 Å². The first-order chi connectivity index (χ1) is 10.2. The Morgan fingerprint density at radius 3 is 3.00 bits per heavy atom. The Bertz CT molecular complexity index is 591. The molecule has 1 aliphatic carbocycles. The summed E-state index contributed by atoms with van der Waals surface area (Å²) in [7, 11) is 0. The van der Waals surface area contributed by atoms with Gasteiger partial charge in [-0.2, -0.15) is 0 Å². The minimum atomic E-state index is 0.458. The van der Waals surface area contributed by atoms with Gasteiger partial charge in [-0.3, -0.25) is 0 Å². The van der Waals surface area contributed by atoms with E-state index in [1.54, 1.807) is 11.3 Å². The molecular weight excluding hydrogens is 278 g/mol. The van der Waals surface area contributed by atoms with Gasteiger partial charge in [-0.1, -0.05) is 38.1 Å². The summed E-state index contributed by atoms with van der Waals surface area (Å²) in [6.07, 6.45) is 4.64. The third-order valence-electron chi connectivity index (χ3n) is 4.04. The second-order valence-corrected chi connectivity index (χ2v) is 7.13. The van der Waals surface area contributed by atoms with Gasteiger partial charge in [0.2, 0.25) is 0 Å². The van der Waals surface area contributed by atoms with Crippen LogP contribution in [0.1, 0.15) is 53.7 Å². The fourth-order valence-electron chi connectivity index (χ4n) is 2.99. The predicted octanol–water partition coefficient (Wildman–Crippen LogP) is 3.55. The molecule has 0 spiro atoms. The van der Waals surface area contributed by atoms with Crippen molar-refractivity contribution in [3.05, 3.63) is 45.4 Å². The molecule has 0 amide bonds. The molecular formula is C17H23N3S. The van der Waals surface area contributed by atoms with E-state index in [1.165, 1.54) is 35.4 Å². The van der Waals surface area contributed by atoms with Crippen molar-refractivity contribution in [3.63, 3.8) is 0 Å². The Balaban J connectivity index is 1.72. The highest BCUT2D eigenvalue weighted by Gasteiger charge is 2.24. The number of nitrogens with zero attached hydrogens (tertiary/aromatic N) is 2. The molecule has 1 aliphatic rings. The van der Waals surface area contributed by atoms with Gasteiger partial charge in [-0.15, -0.1) is 21.5 Å². The van der Waals surface area contributed by atoms with Crippen LogP contribution >= 0.6 is 11.3 Å². The number of fused-ring (bicyclic) bond motifs is 1. The Hall–Kier alpha value is -1.26. The van der Waals surface area contributed by atoms with Gasteiger partial charge in [-0.05, 0) is 30.4 Å². The van der Waals surface area contributed by atoms with E-state index in [9.17, 15) is 0 Å². The van der Waals surface area contributed by atoms with Crippen LogP contribution in [0.4, 0.5) is 0 Å². The molecule has 3 rings (SSSR count). The van der Waals surface area contributed by atoms with Crippen molar-refractivity contribution in [2.75, 3.05) is 6.54 Å². The van der Waals surface area contributed by atoms with Crippen molar-refractivity contribution in [1.29, 1.82) is 0 Å². The van der Waals surface area contributed by atoms with E-state index in [-0.39, 0.29) is 0 Å². The van der Waals surface area contributed by atoms with E-state index in [0.29, 0.717) is 12.0 Å². The van der Waals surface area contributed by atoms with Gasteiger partial charge in [0.05, 0.1) is 0 Å². The molecule has 0 aliphatic heterocycles. The molecule has 0 bridgehead atoms. The zero-order chi connectivity index (χ0) is 14.7. The van der Waals surface area contributed by atoms with E-state index in [4.69, 9.17) is 0 Å². The number of hydrogen-bond donors (Lipinski definition) is 1. The van der Waals surface area contributed by atoms with Gasteiger partial charge in [0.25, 0.3) is 0 Å². The van der Waals surface area contributed by atoms with Crippen LogP contribution in [-0.4, -0.2) is 22.8 Å². The lowest BCUT2D eigenvalue weighted by atomic mass is 9.83. The highest BCUT2D eigenvalue weighted by molar-refractivity contribution is 7.11. The average molecular weight is 301 g/mol. The maximum Gasteiger partial charge on any atom is 0.124 e. The van der Waals surface area contributed by atoms with Crippen molar-refractivity contribution in [2.45, 2.75) is 51.5 Å². The van der Waals surface area contributed by atoms with Crippen LogP contribution in [0.2, 0.25) is 0 Å². The molecule has 0 saturated heterocycles. The predicted molar refractivity (Wildman–Crippen MR) is 88.0 cm³/mol. The molecule has 1 aromatic heterocycles. The number of aryl methyl sites for hydroxylation is 1. The van der Waals surface area contributed by atoms with Gasteiger partial charge in [0, 0.05) is 24.9 Å². The minimum absolute atomic E-state index is 0.458. The summed E-state index contributed by atoms with van der Waals surface area (Å²) in [4.78, 5) is 0. The van der Waals surface area contributed by atoms with Crippen LogP contribution in [0, 0.1) is 0 Å². The van der Waals surface area contributed by atoms with Crippen LogP contribution in [0.15, 0.2) is 24.3 Å². The molecule has 4 heteroatoms. The zero-order valence-corrected chi connectivity index (χ0v) is 13.6. The standard InChI is InChI=1S/C17H23N3S/c1-12(2)18-11-10-16-19-20-17(21-16)15-9-5-7-13-6-3-4-8-14(13)15/h3-4,6,8,12,15,18H,5,7,9-11H2,1-2H3. The van der Waals surface area contributed by atoms with Crippen molar-refractivity contribution in [3.8, 4) is 0 Å². The average Bonchev–Trinajstić information content (AvgIpc) is 2.95. The summed E-state index contributed by atoms with van der Waals surface area (Å²) in [5.74, 6) is 0.458. The molecule has 1 heterocycles. The van der Waals surface area contributed by atoms with E-state index in [2.05, 4.69) is 53.6 Å². The van der Waals surface area contributed by atoms with Gasteiger partial charge in [0.15, 0.2) is 0 Å². The molecule has 0 fully saturated rings. The van der Waals surface area contributed by atoms with Crippen molar-refractivity contribution >= 4 is 11.3 Å². The van der Waals surface area contributed by atoms with E-state index >= 15 is 0 Å². The molecule has 3 nitrogen and oxygen atoms in total. The lowest BCUT2D eigenvalue weighted by Gasteiger charge is -2.23. The van der Waals surface area contributed by atoms with Gasteiger partial charge in [0.1, 0.15) is 10.0 Å². The Labute approximate surface area is 130 Å². The van der Waals surface area contributed by atoms with Gasteiger partial charge < -0.3 is 5.32 Å². The molecule has 1 atom stereocenters. The van der Waals surface area contributed by atoms with Crippen LogP contribution in [0.3, 0.4) is 0 Å². The first kappa shape index (κ1) is 14.7. The largest absolute Gasteiger partial charge is 0.314 e. The number of benzene rings is 1. The number of nitrogens with one attached hydrogen (secondary N) is 1. The first-order valence-corrected chi connectivity index (χ1v) is 8.69. The topological polar surface area (TPSA) is 37.8 Å². The Morgan fingerprint density at radius 2 is 2.14 bits per heavy atom. The summed E-state index contributed by atoms with van der Waals surface area (Å²) in [6, 6.07) is 9.34. The summed E-state index contributed by atoms with van der Waals surface area (Å²) < 4.78 is 0. The molecule has 1 aromatic carbocycles. The van der Waals surface area contributed by atoms with Gasteiger partial charge in [-0.25, -0.2) is 0 Å². The summed E-state index contributed by atoms with van der Waals surface area (Å²) in [6.45, 7) is 5.32. The van der Waals surface area contributed by atoms with Crippen molar-refractivity contribution in [2.24, 2.45) is 0 Å². The van der Waals surface area contributed by atoms with Gasteiger partial charge >= 0.3 is 0 Å². The third kappa shape index (κ3) is 3.50. The lowest BCUT2D eigenvalue weighted by molar-refractivity contribution is 0.587. The Morgan fingerprint density at radius 1 is 1.29 bits per heavy atom. The molecule has 112 valence electrons. The maximum absolute atomic E-state index is 4.48. The first-order valence-electron chi connectivity index (χ1n) is 7.87. The molecule has 0 saturated carbocycles. The molecule has 21 heavy (non-hydrogen) atoms. The zero-order valence-electron chi connectivity index (χ0n) is 12.8. The third-order valence-corrected chi connectivity index (χ3v) is 5.14. The van der Waals surface area contributed by atoms with Crippen LogP contribution in [0.5, 0.6) is 0 Å². The fraction of sp³-hybridized carbons (Fsp3) is 0.529. The lowest BCUT2D eigenvalue weighted by Crippen LogP contribution is -2.24. The minimum Gasteiger partial charge on any atom is -0.314 e. The summed E-state index contributed by atoms with van der Waals surface area (Å²) >= 11 is 1.79. The molecule has 1 N–H and O–H groups in total. The maximum atomic E-state index is 4.48. The van der Waals surface area contributed by atoms with Crippen molar-refractivity contribution < 1.29 is 0 Å². The number of rotatable bonds is 5. The number of hydrogen-bond acceptors (Lipinski definition) is 4. The molecule has 1 unspecified atom stereocenters. The molecule has 0 radical (unpaired) electrons. The van der Waals surface area contributed by atoms with Crippen LogP contribution in [0.25, 0.3) is 0 Å². The fourth-order valence-corrected chi connectivity index (χ4v) is 3.98. The summed E-state index contributed by atoms with van der Waals surface area (Å²) in [5, 5.41) is 14.7. The van der Waals surface area contributed by atoms with E-state index < -0.39 is 0 Å². The second-order valence-electron chi connectivity index (χ2n) is 6.04. The monoisotopic (exact) mass is 301 g/mol.